The second-order valence-corrected chi connectivity index (χ2v) is 4.39. The molecule has 0 fully saturated rings. The zero-order valence-electron chi connectivity index (χ0n) is 14.6. The van der Waals surface area contributed by atoms with Crippen molar-refractivity contribution < 1.29 is 29.3 Å². The SMILES string of the molecule is CCCCOCCCC.CCOCC.O=C(O)CCC(=O)O. The van der Waals surface area contributed by atoms with Gasteiger partial charge in [-0.3, -0.25) is 9.59 Å². The summed E-state index contributed by atoms with van der Waals surface area (Å²) in [5.41, 5.74) is 0. The molecule has 0 unspecified atom stereocenters. The minimum absolute atomic E-state index is 0.296. The molecule has 0 aliphatic rings. The van der Waals surface area contributed by atoms with Gasteiger partial charge in [0.05, 0.1) is 12.8 Å². The highest BCUT2D eigenvalue weighted by Crippen LogP contribution is 1.91. The van der Waals surface area contributed by atoms with E-state index in [0.29, 0.717) is 0 Å². The first-order valence-corrected chi connectivity index (χ1v) is 8.05. The quantitative estimate of drug-likeness (QED) is 0.565. The summed E-state index contributed by atoms with van der Waals surface area (Å²) in [5.74, 6) is -2.15. The van der Waals surface area contributed by atoms with Gasteiger partial charge in [-0.1, -0.05) is 26.7 Å². The molecule has 0 aliphatic heterocycles. The van der Waals surface area contributed by atoms with Gasteiger partial charge in [0, 0.05) is 26.4 Å². The third-order valence-corrected chi connectivity index (χ3v) is 2.25. The van der Waals surface area contributed by atoms with Crippen molar-refractivity contribution >= 4 is 11.9 Å². The number of carbonyl (C=O) groups is 2. The second kappa shape index (κ2) is 24.9. The summed E-state index contributed by atoms with van der Waals surface area (Å²) in [7, 11) is 0. The molecule has 0 radical (unpaired) electrons. The fraction of sp³-hybridized carbons (Fsp3) is 0.875. The monoisotopic (exact) mass is 322 g/mol. The largest absolute Gasteiger partial charge is 0.481 e. The van der Waals surface area contributed by atoms with Crippen LogP contribution in [0.15, 0.2) is 0 Å². The van der Waals surface area contributed by atoms with Crippen molar-refractivity contribution in [3.8, 4) is 0 Å². The molecule has 0 rings (SSSR count). The molecule has 6 heteroatoms. The van der Waals surface area contributed by atoms with Gasteiger partial charge in [0.25, 0.3) is 0 Å². The van der Waals surface area contributed by atoms with Crippen LogP contribution in [-0.4, -0.2) is 48.6 Å². The van der Waals surface area contributed by atoms with E-state index in [0.717, 1.165) is 26.4 Å². The van der Waals surface area contributed by atoms with Gasteiger partial charge in [0.1, 0.15) is 0 Å². The summed E-state index contributed by atoms with van der Waals surface area (Å²) in [6, 6.07) is 0. The summed E-state index contributed by atoms with van der Waals surface area (Å²) in [5, 5.41) is 15.8. The summed E-state index contributed by atoms with van der Waals surface area (Å²) >= 11 is 0. The predicted octanol–water partition coefficient (Wildman–Crippen LogP) is 3.58. The van der Waals surface area contributed by atoms with Crippen LogP contribution in [0.1, 0.15) is 66.2 Å². The van der Waals surface area contributed by atoms with E-state index in [2.05, 4.69) is 13.8 Å². The number of ether oxygens (including phenoxy) is 2. The van der Waals surface area contributed by atoms with Crippen molar-refractivity contribution in [1.29, 1.82) is 0 Å². The molecular formula is C16H34O6. The molecule has 0 aromatic carbocycles. The van der Waals surface area contributed by atoms with Gasteiger partial charge in [-0.2, -0.15) is 0 Å². The minimum Gasteiger partial charge on any atom is -0.481 e. The average Bonchev–Trinajstić information content (AvgIpc) is 2.47. The van der Waals surface area contributed by atoms with Gasteiger partial charge in [0.15, 0.2) is 0 Å². The van der Waals surface area contributed by atoms with Crippen LogP contribution in [0.3, 0.4) is 0 Å². The third-order valence-electron chi connectivity index (χ3n) is 2.25. The zero-order chi connectivity index (χ0) is 17.6. The summed E-state index contributed by atoms with van der Waals surface area (Å²) in [6.45, 7) is 11.9. The molecular weight excluding hydrogens is 288 g/mol. The molecule has 0 atom stereocenters. The van der Waals surface area contributed by atoms with E-state index in [-0.39, 0.29) is 12.8 Å². The number of hydrogen-bond donors (Lipinski definition) is 2. The predicted molar refractivity (Wildman–Crippen MR) is 87.3 cm³/mol. The van der Waals surface area contributed by atoms with Crippen LogP contribution in [0, 0.1) is 0 Å². The lowest BCUT2D eigenvalue weighted by atomic mass is 10.3. The van der Waals surface area contributed by atoms with Gasteiger partial charge in [-0.15, -0.1) is 0 Å². The van der Waals surface area contributed by atoms with Crippen molar-refractivity contribution in [2.45, 2.75) is 66.2 Å². The summed E-state index contributed by atoms with van der Waals surface area (Å²) in [4.78, 5) is 19.3. The first-order valence-electron chi connectivity index (χ1n) is 8.05. The molecule has 22 heavy (non-hydrogen) atoms. The van der Waals surface area contributed by atoms with Gasteiger partial charge < -0.3 is 19.7 Å². The van der Waals surface area contributed by atoms with E-state index in [9.17, 15) is 9.59 Å². The van der Waals surface area contributed by atoms with Crippen molar-refractivity contribution in [3.05, 3.63) is 0 Å². The maximum Gasteiger partial charge on any atom is 0.303 e. The summed E-state index contributed by atoms with van der Waals surface area (Å²) < 4.78 is 10.1. The molecule has 2 N–H and O–H groups in total. The Bertz CT molecular complexity index is 209. The van der Waals surface area contributed by atoms with Crippen LogP contribution in [0.5, 0.6) is 0 Å². The second-order valence-electron chi connectivity index (χ2n) is 4.39. The van der Waals surface area contributed by atoms with E-state index >= 15 is 0 Å². The van der Waals surface area contributed by atoms with Gasteiger partial charge >= 0.3 is 11.9 Å². The molecule has 0 saturated heterocycles. The van der Waals surface area contributed by atoms with E-state index in [1.54, 1.807) is 0 Å². The lowest BCUT2D eigenvalue weighted by Crippen LogP contribution is -2.00. The Morgan fingerprint density at radius 1 is 0.727 bits per heavy atom. The fourth-order valence-electron chi connectivity index (χ4n) is 1.01. The number of rotatable bonds is 11. The number of carboxylic acids is 2. The number of unbranched alkanes of at least 4 members (excludes halogenated alkanes) is 2. The summed E-state index contributed by atoms with van der Waals surface area (Å²) in [6.07, 6.45) is 4.32. The van der Waals surface area contributed by atoms with Crippen molar-refractivity contribution in [2.24, 2.45) is 0 Å². The van der Waals surface area contributed by atoms with Gasteiger partial charge in [-0.25, -0.2) is 0 Å². The first kappa shape index (κ1) is 25.8. The molecule has 0 amide bonds. The minimum atomic E-state index is -1.08. The maximum absolute atomic E-state index is 9.64. The van der Waals surface area contributed by atoms with E-state index in [4.69, 9.17) is 19.7 Å². The van der Waals surface area contributed by atoms with Crippen LogP contribution in [0.4, 0.5) is 0 Å². The topological polar surface area (TPSA) is 93.1 Å². The average molecular weight is 322 g/mol. The number of aliphatic carboxylic acids is 2. The van der Waals surface area contributed by atoms with Crippen LogP contribution in [0.2, 0.25) is 0 Å². The molecule has 0 aromatic rings. The van der Waals surface area contributed by atoms with Gasteiger partial charge in [0.2, 0.25) is 0 Å². The van der Waals surface area contributed by atoms with Crippen LogP contribution in [0.25, 0.3) is 0 Å². The standard InChI is InChI=1S/C8H18O.C4H6O4.C4H10O/c1-3-5-7-9-8-6-4-2;5-3(6)1-2-4(7)8;1-3-5-4-2/h3-8H2,1-2H3;1-2H2,(H,5,6)(H,7,8);3-4H2,1-2H3. The molecule has 0 aromatic heterocycles. The van der Waals surface area contributed by atoms with Crippen LogP contribution >= 0.6 is 0 Å². The lowest BCUT2D eigenvalue weighted by Gasteiger charge is -1.99. The molecule has 134 valence electrons. The molecule has 0 spiro atoms. The fourth-order valence-corrected chi connectivity index (χ4v) is 1.01. The molecule has 0 heterocycles. The van der Waals surface area contributed by atoms with Crippen molar-refractivity contribution in [1.82, 2.24) is 0 Å². The Balaban J connectivity index is -0.000000257. The normalized spacial score (nSPS) is 9.09. The molecule has 0 aliphatic carbocycles. The Labute approximate surface area is 134 Å². The number of carboxylic acid groups (broad SMARTS) is 2. The smallest absolute Gasteiger partial charge is 0.303 e. The van der Waals surface area contributed by atoms with Crippen molar-refractivity contribution in [2.75, 3.05) is 26.4 Å². The van der Waals surface area contributed by atoms with Gasteiger partial charge in [-0.05, 0) is 26.7 Å². The van der Waals surface area contributed by atoms with E-state index in [1.165, 1.54) is 25.7 Å². The molecule has 0 bridgehead atoms. The molecule has 6 nitrogen and oxygen atoms in total. The highest BCUT2D eigenvalue weighted by molar-refractivity contribution is 5.75. The Morgan fingerprint density at radius 3 is 1.27 bits per heavy atom. The lowest BCUT2D eigenvalue weighted by molar-refractivity contribution is -0.143. The Morgan fingerprint density at radius 2 is 1.09 bits per heavy atom. The Hall–Kier alpha value is -1.14. The van der Waals surface area contributed by atoms with Crippen LogP contribution in [-0.2, 0) is 19.1 Å². The zero-order valence-corrected chi connectivity index (χ0v) is 14.6. The first-order chi connectivity index (χ1) is 10.5. The van der Waals surface area contributed by atoms with E-state index in [1.807, 2.05) is 13.8 Å². The molecule has 0 saturated carbocycles. The highest BCUT2D eigenvalue weighted by Gasteiger charge is 2.00. The van der Waals surface area contributed by atoms with Crippen molar-refractivity contribution in [3.63, 3.8) is 0 Å². The number of hydrogen-bond acceptors (Lipinski definition) is 4. The van der Waals surface area contributed by atoms with Crippen LogP contribution < -0.4 is 0 Å². The Kier molecular flexibility index (Phi) is 29.1. The van der Waals surface area contributed by atoms with E-state index < -0.39 is 11.9 Å². The third kappa shape index (κ3) is 42.8. The maximum atomic E-state index is 9.64. The highest BCUT2D eigenvalue weighted by atomic mass is 16.5.